The van der Waals surface area contributed by atoms with Gasteiger partial charge in [0, 0.05) is 41.0 Å². The average Bonchev–Trinajstić information content (AvgIpc) is 2.78. The fourth-order valence-corrected chi connectivity index (χ4v) is 2.24. The highest BCUT2D eigenvalue weighted by Crippen LogP contribution is 2.20. The van der Waals surface area contributed by atoms with Gasteiger partial charge in [0.1, 0.15) is 0 Å². The highest BCUT2D eigenvalue weighted by Gasteiger charge is 2.34. The minimum atomic E-state index is -0.499. The number of rotatable bonds is 7. The molecule has 3 unspecified atom stereocenters. The Bertz CT molecular complexity index is 235. The van der Waals surface area contributed by atoms with E-state index in [9.17, 15) is 5.11 Å². The van der Waals surface area contributed by atoms with Gasteiger partial charge < -0.3 is 19.3 Å². The quantitative estimate of drug-likeness (QED) is 0.723. The zero-order valence-corrected chi connectivity index (χ0v) is 12.2. The van der Waals surface area contributed by atoms with E-state index in [4.69, 9.17) is 14.2 Å². The largest absolute Gasteiger partial charge is 0.390 e. The molecule has 108 valence electrons. The Morgan fingerprint density at radius 2 is 1.67 bits per heavy atom. The lowest BCUT2D eigenvalue weighted by atomic mass is 9.98. The van der Waals surface area contributed by atoms with Crippen molar-refractivity contribution >= 4 is 0 Å². The lowest BCUT2D eigenvalue weighted by Crippen LogP contribution is -2.40. The summed E-state index contributed by atoms with van der Waals surface area (Å²) >= 11 is 0. The maximum absolute atomic E-state index is 10.1. The van der Waals surface area contributed by atoms with Gasteiger partial charge in [-0.1, -0.05) is 0 Å². The van der Waals surface area contributed by atoms with Gasteiger partial charge in [-0.15, -0.1) is 0 Å². The van der Waals surface area contributed by atoms with Gasteiger partial charge in [-0.05, 0) is 20.3 Å². The van der Waals surface area contributed by atoms with E-state index in [1.54, 1.807) is 21.3 Å². The number of ether oxygens (including phenoxy) is 3. The van der Waals surface area contributed by atoms with Gasteiger partial charge in [0.25, 0.3) is 0 Å². The number of likely N-dealkylation sites (tertiary alicyclic amines) is 1. The highest BCUT2D eigenvalue weighted by molar-refractivity contribution is 4.87. The molecule has 5 heteroatoms. The van der Waals surface area contributed by atoms with Crippen molar-refractivity contribution in [3.63, 3.8) is 0 Å². The first-order chi connectivity index (χ1) is 8.44. The number of hydrogen-bond donors (Lipinski definition) is 1. The predicted molar refractivity (Wildman–Crippen MR) is 69.7 cm³/mol. The molecular formula is C13H27NO4. The SMILES string of the molecule is COC1CN(CCC(O)C(C)(C)OC)CC1OC. The molecule has 0 saturated carbocycles. The van der Waals surface area contributed by atoms with Gasteiger partial charge >= 0.3 is 0 Å². The molecule has 0 aliphatic carbocycles. The van der Waals surface area contributed by atoms with E-state index in [0.29, 0.717) is 6.42 Å². The molecule has 1 rings (SSSR count). The Kier molecular flexibility index (Phi) is 6.01. The average molecular weight is 261 g/mol. The van der Waals surface area contributed by atoms with Crippen LogP contribution < -0.4 is 0 Å². The lowest BCUT2D eigenvalue weighted by molar-refractivity contribution is -0.0821. The van der Waals surface area contributed by atoms with Crippen LogP contribution in [0.4, 0.5) is 0 Å². The molecule has 0 amide bonds. The Hall–Kier alpha value is -0.200. The second-order valence-electron chi connectivity index (χ2n) is 5.42. The molecule has 5 nitrogen and oxygen atoms in total. The third kappa shape index (κ3) is 3.90. The molecule has 1 saturated heterocycles. The fourth-order valence-electron chi connectivity index (χ4n) is 2.24. The summed E-state index contributed by atoms with van der Waals surface area (Å²) < 4.78 is 16.1. The Balaban J connectivity index is 2.37. The van der Waals surface area contributed by atoms with Gasteiger partial charge in [-0.2, -0.15) is 0 Å². The van der Waals surface area contributed by atoms with Gasteiger partial charge in [0.05, 0.1) is 23.9 Å². The standard InChI is InChI=1S/C13H27NO4/c1-13(2,18-5)12(15)6-7-14-8-10(16-3)11(9-14)17-4/h10-12,15H,6-9H2,1-5H3. The molecule has 0 aromatic heterocycles. The van der Waals surface area contributed by atoms with E-state index in [1.165, 1.54) is 0 Å². The van der Waals surface area contributed by atoms with E-state index in [0.717, 1.165) is 19.6 Å². The number of hydrogen-bond acceptors (Lipinski definition) is 5. The van der Waals surface area contributed by atoms with E-state index in [1.807, 2.05) is 13.8 Å². The van der Waals surface area contributed by atoms with Crippen LogP contribution in [0.5, 0.6) is 0 Å². The minimum Gasteiger partial charge on any atom is -0.390 e. The highest BCUT2D eigenvalue weighted by atomic mass is 16.5. The summed E-state index contributed by atoms with van der Waals surface area (Å²) in [6.07, 6.45) is 0.475. The van der Waals surface area contributed by atoms with Crippen LogP contribution in [0.2, 0.25) is 0 Å². The summed E-state index contributed by atoms with van der Waals surface area (Å²) in [6, 6.07) is 0. The van der Waals surface area contributed by atoms with E-state index in [2.05, 4.69) is 4.90 Å². The molecule has 0 bridgehead atoms. The van der Waals surface area contributed by atoms with Crippen molar-refractivity contribution in [2.75, 3.05) is 41.0 Å². The summed E-state index contributed by atoms with van der Waals surface area (Å²) in [5.74, 6) is 0. The van der Waals surface area contributed by atoms with E-state index in [-0.39, 0.29) is 12.2 Å². The van der Waals surface area contributed by atoms with Gasteiger partial charge in [-0.3, -0.25) is 4.90 Å². The smallest absolute Gasteiger partial charge is 0.0971 e. The topological polar surface area (TPSA) is 51.2 Å². The second kappa shape index (κ2) is 6.82. The van der Waals surface area contributed by atoms with E-state index < -0.39 is 11.7 Å². The summed E-state index contributed by atoms with van der Waals surface area (Å²) in [6.45, 7) is 6.34. The number of aliphatic hydroxyl groups is 1. The fraction of sp³-hybridized carbons (Fsp3) is 1.00. The summed E-state index contributed by atoms with van der Waals surface area (Å²) in [5.41, 5.74) is -0.499. The maximum atomic E-state index is 10.1. The van der Waals surface area contributed by atoms with Crippen molar-refractivity contribution in [3.05, 3.63) is 0 Å². The van der Waals surface area contributed by atoms with Crippen molar-refractivity contribution in [2.24, 2.45) is 0 Å². The van der Waals surface area contributed by atoms with E-state index >= 15 is 0 Å². The second-order valence-corrected chi connectivity index (χ2v) is 5.42. The van der Waals surface area contributed by atoms with Crippen molar-refractivity contribution in [1.29, 1.82) is 0 Å². The van der Waals surface area contributed by atoms with Crippen LogP contribution in [0.3, 0.4) is 0 Å². The van der Waals surface area contributed by atoms with Crippen LogP contribution in [-0.4, -0.2) is 74.9 Å². The normalized spacial score (nSPS) is 27.7. The van der Waals surface area contributed by atoms with Crippen LogP contribution in [0.1, 0.15) is 20.3 Å². The molecule has 1 N–H and O–H groups in total. The molecule has 3 atom stereocenters. The van der Waals surface area contributed by atoms with Gasteiger partial charge in [-0.25, -0.2) is 0 Å². The molecule has 1 heterocycles. The molecule has 18 heavy (non-hydrogen) atoms. The molecule has 1 aliphatic heterocycles. The lowest BCUT2D eigenvalue weighted by Gasteiger charge is -2.30. The Morgan fingerprint density at radius 3 is 2.06 bits per heavy atom. The van der Waals surface area contributed by atoms with Crippen molar-refractivity contribution in [3.8, 4) is 0 Å². The van der Waals surface area contributed by atoms with Gasteiger partial charge in [0.15, 0.2) is 0 Å². The number of aliphatic hydroxyl groups excluding tert-OH is 1. The first kappa shape index (κ1) is 15.9. The Labute approximate surface area is 110 Å². The molecule has 0 radical (unpaired) electrons. The molecular weight excluding hydrogens is 234 g/mol. The third-order valence-corrected chi connectivity index (χ3v) is 3.94. The number of nitrogens with zero attached hydrogens (tertiary/aromatic N) is 1. The van der Waals surface area contributed by atoms with Gasteiger partial charge in [0.2, 0.25) is 0 Å². The van der Waals surface area contributed by atoms with Crippen LogP contribution in [0.15, 0.2) is 0 Å². The zero-order valence-electron chi connectivity index (χ0n) is 12.2. The first-order valence-electron chi connectivity index (χ1n) is 6.45. The minimum absolute atomic E-state index is 0.127. The molecule has 0 aromatic carbocycles. The summed E-state index contributed by atoms with van der Waals surface area (Å²) in [5, 5.41) is 10.1. The molecule has 1 fully saturated rings. The first-order valence-corrected chi connectivity index (χ1v) is 6.45. The monoisotopic (exact) mass is 261 g/mol. The predicted octanol–water partition coefficient (Wildman–Crippen LogP) is 0.508. The van der Waals surface area contributed by atoms with Crippen molar-refractivity contribution < 1.29 is 19.3 Å². The van der Waals surface area contributed by atoms with Crippen LogP contribution in [0, 0.1) is 0 Å². The van der Waals surface area contributed by atoms with Crippen molar-refractivity contribution in [2.45, 2.75) is 44.2 Å². The third-order valence-electron chi connectivity index (χ3n) is 3.94. The van der Waals surface area contributed by atoms with Crippen molar-refractivity contribution in [1.82, 2.24) is 4.90 Å². The molecule has 0 spiro atoms. The van der Waals surface area contributed by atoms with Crippen LogP contribution >= 0.6 is 0 Å². The summed E-state index contributed by atoms with van der Waals surface area (Å²) in [4.78, 5) is 2.26. The molecule has 1 aliphatic rings. The molecule has 0 aromatic rings. The zero-order chi connectivity index (χ0) is 13.8. The summed E-state index contributed by atoms with van der Waals surface area (Å²) in [7, 11) is 5.05. The maximum Gasteiger partial charge on any atom is 0.0971 e. The van der Waals surface area contributed by atoms with Crippen LogP contribution in [-0.2, 0) is 14.2 Å². The number of methoxy groups -OCH3 is 3. The van der Waals surface area contributed by atoms with Crippen LogP contribution in [0.25, 0.3) is 0 Å². The Morgan fingerprint density at radius 1 is 1.17 bits per heavy atom.